The van der Waals surface area contributed by atoms with Gasteiger partial charge in [0.25, 0.3) is 5.91 Å². The van der Waals surface area contributed by atoms with E-state index in [1.54, 1.807) is 24.3 Å². The van der Waals surface area contributed by atoms with E-state index in [2.05, 4.69) is 10.6 Å². The highest BCUT2D eigenvalue weighted by Crippen LogP contribution is 2.18. The Balaban J connectivity index is 1.55. The van der Waals surface area contributed by atoms with Crippen LogP contribution in [0.5, 0.6) is 0 Å². The fourth-order valence-corrected chi connectivity index (χ4v) is 3.17. The molecule has 5 heteroatoms. The zero-order valence-corrected chi connectivity index (χ0v) is 12.8. The Morgan fingerprint density at radius 2 is 1.59 bits per heavy atom. The first-order valence-corrected chi connectivity index (χ1v) is 8.19. The maximum Gasteiger partial charge on any atom is 0.321 e. The molecule has 1 saturated carbocycles. The highest BCUT2D eigenvalue weighted by Gasteiger charge is 2.19. The molecule has 0 radical (unpaired) electrons. The first kappa shape index (κ1) is 14.9. The smallest absolute Gasteiger partial charge is 0.321 e. The second-order valence-electron chi connectivity index (χ2n) is 6.16. The summed E-state index contributed by atoms with van der Waals surface area (Å²) in [6.07, 6.45) is 6.71. The average Bonchev–Trinajstić information content (AvgIpc) is 3.21. The van der Waals surface area contributed by atoms with Gasteiger partial charge in [-0.1, -0.05) is 12.8 Å². The van der Waals surface area contributed by atoms with Crippen LogP contribution < -0.4 is 10.6 Å². The number of carbonyl (C=O) groups excluding carboxylic acids is 2. The monoisotopic (exact) mass is 301 g/mol. The van der Waals surface area contributed by atoms with Crippen LogP contribution in [-0.4, -0.2) is 36.0 Å². The van der Waals surface area contributed by atoms with Gasteiger partial charge in [0.05, 0.1) is 0 Å². The van der Waals surface area contributed by atoms with Gasteiger partial charge in [-0.3, -0.25) is 4.79 Å². The van der Waals surface area contributed by atoms with E-state index in [0.29, 0.717) is 11.6 Å². The second kappa shape index (κ2) is 6.81. The predicted octanol–water partition coefficient (Wildman–Crippen LogP) is 2.99. The van der Waals surface area contributed by atoms with Crippen molar-refractivity contribution in [3.05, 3.63) is 29.8 Å². The molecule has 0 unspecified atom stereocenters. The summed E-state index contributed by atoms with van der Waals surface area (Å²) < 4.78 is 0. The Morgan fingerprint density at radius 1 is 0.955 bits per heavy atom. The highest BCUT2D eigenvalue weighted by molar-refractivity contribution is 5.95. The van der Waals surface area contributed by atoms with Gasteiger partial charge in [0, 0.05) is 30.4 Å². The molecule has 1 saturated heterocycles. The zero-order chi connectivity index (χ0) is 15.4. The minimum absolute atomic E-state index is 0.0238. The maximum absolute atomic E-state index is 12.1. The van der Waals surface area contributed by atoms with Crippen molar-refractivity contribution in [1.82, 2.24) is 10.2 Å². The molecule has 118 valence electrons. The number of hydrogen-bond acceptors (Lipinski definition) is 2. The van der Waals surface area contributed by atoms with Crippen LogP contribution in [-0.2, 0) is 0 Å². The molecular formula is C17H23N3O2. The number of likely N-dealkylation sites (tertiary alicyclic amines) is 1. The van der Waals surface area contributed by atoms with Crippen molar-refractivity contribution in [3.63, 3.8) is 0 Å². The number of nitrogens with one attached hydrogen (secondary N) is 2. The van der Waals surface area contributed by atoms with E-state index in [9.17, 15) is 9.59 Å². The second-order valence-corrected chi connectivity index (χ2v) is 6.16. The van der Waals surface area contributed by atoms with Crippen LogP contribution in [0.15, 0.2) is 24.3 Å². The standard InChI is InChI=1S/C17H23N3O2/c21-16(18-14-5-1-2-6-14)13-7-9-15(10-8-13)19-17(22)20-11-3-4-12-20/h7-10,14H,1-6,11-12H2,(H,18,21)(H,19,22). The van der Waals surface area contributed by atoms with Gasteiger partial charge >= 0.3 is 6.03 Å². The molecule has 2 aliphatic rings. The Bertz CT molecular complexity index is 529. The number of amides is 3. The van der Waals surface area contributed by atoms with E-state index >= 15 is 0 Å². The minimum Gasteiger partial charge on any atom is -0.349 e. The van der Waals surface area contributed by atoms with E-state index in [1.807, 2.05) is 4.90 Å². The average molecular weight is 301 g/mol. The lowest BCUT2D eigenvalue weighted by molar-refractivity contribution is 0.0938. The largest absolute Gasteiger partial charge is 0.349 e. The molecule has 0 aromatic heterocycles. The van der Waals surface area contributed by atoms with Crippen molar-refractivity contribution in [2.45, 2.75) is 44.6 Å². The lowest BCUT2D eigenvalue weighted by Crippen LogP contribution is -2.33. The van der Waals surface area contributed by atoms with Gasteiger partial charge in [0.2, 0.25) is 0 Å². The number of nitrogens with zero attached hydrogens (tertiary/aromatic N) is 1. The topological polar surface area (TPSA) is 61.4 Å². The lowest BCUT2D eigenvalue weighted by Gasteiger charge is -2.16. The molecule has 22 heavy (non-hydrogen) atoms. The van der Waals surface area contributed by atoms with Gasteiger partial charge in [-0.2, -0.15) is 0 Å². The van der Waals surface area contributed by atoms with Crippen LogP contribution in [0.3, 0.4) is 0 Å². The first-order valence-electron chi connectivity index (χ1n) is 8.19. The van der Waals surface area contributed by atoms with Crippen LogP contribution >= 0.6 is 0 Å². The van der Waals surface area contributed by atoms with Crippen molar-refractivity contribution < 1.29 is 9.59 Å². The first-order chi connectivity index (χ1) is 10.7. The molecule has 0 bridgehead atoms. The van der Waals surface area contributed by atoms with Crippen LogP contribution in [0, 0.1) is 0 Å². The molecule has 0 spiro atoms. The number of rotatable bonds is 3. The molecule has 1 aromatic rings. The number of anilines is 1. The summed E-state index contributed by atoms with van der Waals surface area (Å²) in [5.41, 5.74) is 1.38. The third-order valence-corrected chi connectivity index (χ3v) is 4.48. The van der Waals surface area contributed by atoms with Crippen LogP contribution in [0.4, 0.5) is 10.5 Å². The number of carbonyl (C=O) groups is 2. The quantitative estimate of drug-likeness (QED) is 0.901. The van der Waals surface area contributed by atoms with Crippen molar-refractivity contribution in [2.75, 3.05) is 18.4 Å². The molecule has 2 fully saturated rings. The van der Waals surface area contributed by atoms with Crippen molar-refractivity contribution in [3.8, 4) is 0 Å². The van der Waals surface area contributed by atoms with Crippen LogP contribution in [0.2, 0.25) is 0 Å². The van der Waals surface area contributed by atoms with Crippen LogP contribution in [0.1, 0.15) is 48.9 Å². The third-order valence-electron chi connectivity index (χ3n) is 4.48. The molecule has 1 aliphatic heterocycles. The van der Waals surface area contributed by atoms with Crippen LogP contribution in [0.25, 0.3) is 0 Å². The summed E-state index contributed by atoms with van der Waals surface area (Å²) in [6.45, 7) is 1.65. The summed E-state index contributed by atoms with van der Waals surface area (Å²) in [5, 5.41) is 5.94. The molecule has 1 heterocycles. The summed E-state index contributed by atoms with van der Waals surface area (Å²) in [6, 6.07) is 7.38. The van der Waals surface area contributed by atoms with Crippen molar-refractivity contribution in [1.29, 1.82) is 0 Å². The minimum atomic E-state index is -0.0549. The molecule has 1 aromatic carbocycles. The molecule has 5 nitrogen and oxygen atoms in total. The van der Waals surface area contributed by atoms with E-state index in [0.717, 1.165) is 44.5 Å². The number of urea groups is 1. The Morgan fingerprint density at radius 3 is 2.23 bits per heavy atom. The molecule has 1 aliphatic carbocycles. The van der Waals surface area contributed by atoms with E-state index in [-0.39, 0.29) is 11.9 Å². The highest BCUT2D eigenvalue weighted by atomic mass is 16.2. The lowest BCUT2D eigenvalue weighted by atomic mass is 10.1. The fraction of sp³-hybridized carbons (Fsp3) is 0.529. The number of hydrogen-bond donors (Lipinski definition) is 2. The normalized spacial score (nSPS) is 18.5. The Labute approximate surface area is 131 Å². The summed E-state index contributed by atoms with van der Waals surface area (Å²) in [4.78, 5) is 26.0. The fourth-order valence-electron chi connectivity index (χ4n) is 3.17. The molecule has 3 rings (SSSR count). The van der Waals surface area contributed by atoms with Gasteiger partial charge in [0.1, 0.15) is 0 Å². The van der Waals surface area contributed by atoms with E-state index in [4.69, 9.17) is 0 Å². The molecular weight excluding hydrogens is 278 g/mol. The van der Waals surface area contributed by atoms with E-state index < -0.39 is 0 Å². The molecule has 0 atom stereocenters. The van der Waals surface area contributed by atoms with Crippen molar-refractivity contribution in [2.24, 2.45) is 0 Å². The molecule has 3 amide bonds. The van der Waals surface area contributed by atoms with Gasteiger partial charge < -0.3 is 15.5 Å². The Kier molecular flexibility index (Phi) is 4.61. The third kappa shape index (κ3) is 3.59. The van der Waals surface area contributed by atoms with Gasteiger partial charge in [0.15, 0.2) is 0 Å². The number of benzene rings is 1. The van der Waals surface area contributed by atoms with E-state index in [1.165, 1.54) is 12.8 Å². The van der Waals surface area contributed by atoms with Gasteiger partial charge in [-0.25, -0.2) is 4.79 Å². The SMILES string of the molecule is O=C(NC1CCCC1)c1ccc(NC(=O)N2CCCC2)cc1. The van der Waals surface area contributed by atoms with Crippen molar-refractivity contribution >= 4 is 17.6 Å². The Hall–Kier alpha value is -2.04. The predicted molar refractivity (Wildman–Crippen MR) is 86.0 cm³/mol. The summed E-state index contributed by atoms with van der Waals surface area (Å²) >= 11 is 0. The maximum atomic E-state index is 12.1. The zero-order valence-electron chi connectivity index (χ0n) is 12.8. The molecule has 2 N–H and O–H groups in total. The van der Waals surface area contributed by atoms with Gasteiger partial charge in [-0.15, -0.1) is 0 Å². The summed E-state index contributed by atoms with van der Waals surface area (Å²) in [7, 11) is 0. The van der Waals surface area contributed by atoms with Gasteiger partial charge in [-0.05, 0) is 49.9 Å². The summed E-state index contributed by atoms with van der Waals surface area (Å²) in [5.74, 6) is -0.0238.